The van der Waals surface area contributed by atoms with Gasteiger partial charge in [0.2, 0.25) is 8.32 Å². The lowest BCUT2D eigenvalue weighted by Crippen LogP contribution is -2.42. The number of aldehydes is 1. The third-order valence-corrected chi connectivity index (χ3v) is 19.4. The van der Waals surface area contributed by atoms with Crippen molar-refractivity contribution in [3.8, 4) is 11.8 Å². The van der Waals surface area contributed by atoms with Crippen LogP contribution < -0.4 is 0 Å². The van der Waals surface area contributed by atoms with Gasteiger partial charge in [-0.2, -0.15) is 0 Å². The molecule has 0 aromatic heterocycles. The minimum Gasteiger partial charge on any atom is -0.546 e. The van der Waals surface area contributed by atoms with E-state index in [0.29, 0.717) is 12.7 Å². The van der Waals surface area contributed by atoms with Crippen LogP contribution in [0.2, 0.25) is 55.9 Å². The van der Waals surface area contributed by atoms with E-state index in [9.17, 15) is 4.79 Å². The van der Waals surface area contributed by atoms with Crippen LogP contribution in [-0.2, 0) is 18.1 Å². The second-order valence-electron chi connectivity index (χ2n) is 14.8. The van der Waals surface area contributed by atoms with E-state index in [2.05, 4.69) is 112 Å². The van der Waals surface area contributed by atoms with Crippen molar-refractivity contribution < 1.29 is 18.1 Å². The summed E-state index contributed by atoms with van der Waals surface area (Å²) in [5.74, 6) is 6.96. The molecule has 1 unspecified atom stereocenters. The maximum Gasteiger partial charge on any atom is 0.250 e. The van der Waals surface area contributed by atoms with E-state index in [1.807, 2.05) is 0 Å². The van der Waals surface area contributed by atoms with Gasteiger partial charge in [-0.15, -0.1) is 0 Å². The van der Waals surface area contributed by atoms with E-state index >= 15 is 0 Å². The molecule has 0 radical (unpaired) electrons. The molecule has 3 atom stereocenters. The van der Waals surface area contributed by atoms with Crippen LogP contribution in [0.1, 0.15) is 100 Å². The summed E-state index contributed by atoms with van der Waals surface area (Å²) in [7, 11) is -5.59. The number of hydrogen-bond acceptors (Lipinski definition) is 4. The number of hydrogen-bond donors (Lipinski definition) is 0. The SMILES string of the molecule is CCCCC(C)(C/C=C/[C@@H]1C(CCC#CC=O)=C(O[Si](C)(C)C(C)(C)C)C[C@H]1O[Si](CC)(CC)CC)O[Si](C)(C)C. The Hall–Kier alpha value is -0.919. The Morgan fingerprint density at radius 3 is 2.07 bits per heavy atom. The molecule has 0 N–H and O–H groups in total. The molecule has 0 saturated carbocycles. The molecule has 0 saturated heterocycles. The largest absolute Gasteiger partial charge is 0.546 e. The zero-order chi connectivity index (χ0) is 31.5. The molecular formula is C34H64O4Si3. The minimum absolute atomic E-state index is 0.0892. The van der Waals surface area contributed by atoms with Crippen molar-refractivity contribution in [1.82, 2.24) is 0 Å². The molecule has 0 heterocycles. The summed E-state index contributed by atoms with van der Waals surface area (Å²) >= 11 is 0. The average Bonchev–Trinajstić information content (AvgIpc) is 3.16. The van der Waals surface area contributed by atoms with Crippen molar-refractivity contribution in [2.75, 3.05) is 0 Å². The maximum absolute atomic E-state index is 10.9. The van der Waals surface area contributed by atoms with Crippen molar-refractivity contribution >= 4 is 31.2 Å². The minimum atomic E-state index is -2.05. The number of unbranched alkanes of at least 4 members (excludes halogenated alkanes) is 1. The molecule has 0 amide bonds. The van der Waals surface area contributed by atoms with Crippen LogP contribution in [0.3, 0.4) is 0 Å². The first-order valence-corrected chi connectivity index (χ1v) is 25.1. The average molecular weight is 621 g/mol. The molecule has 1 aliphatic carbocycles. The molecule has 1 aliphatic rings. The molecule has 0 spiro atoms. The topological polar surface area (TPSA) is 44.8 Å². The molecule has 236 valence electrons. The summed E-state index contributed by atoms with van der Waals surface area (Å²) in [5.41, 5.74) is 1.17. The standard InChI is InChI=1S/C34H64O4Si3/c1-14-18-25-34(8,38-39(9,10)11)26-22-24-30-29(23-20-19-21-27-35)31(36-40(12,13)33(5,6)7)28-32(30)37-41(15-2,16-3)17-4/h22,24,27,30,32H,14-18,20,23,25-26,28H2,1-13H3/b24-22+/t30-,32-,34?/m1/s1. The van der Waals surface area contributed by atoms with Crippen molar-refractivity contribution in [2.24, 2.45) is 5.92 Å². The van der Waals surface area contributed by atoms with Gasteiger partial charge in [0.05, 0.1) is 17.5 Å². The fraction of sp³-hybridized carbons (Fsp3) is 0.794. The number of carbonyl (C=O) groups is 1. The summed E-state index contributed by atoms with van der Waals surface area (Å²) in [4.78, 5) is 10.9. The highest BCUT2D eigenvalue weighted by Gasteiger charge is 2.45. The molecule has 7 heteroatoms. The summed E-state index contributed by atoms with van der Waals surface area (Å²) in [6, 6.07) is 3.39. The molecule has 0 aromatic carbocycles. The van der Waals surface area contributed by atoms with E-state index in [1.165, 1.54) is 18.4 Å². The van der Waals surface area contributed by atoms with Crippen molar-refractivity contribution in [2.45, 2.75) is 168 Å². The smallest absolute Gasteiger partial charge is 0.250 e. The van der Waals surface area contributed by atoms with E-state index in [-0.39, 0.29) is 22.7 Å². The van der Waals surface area contributed by atoms with Gasteiger partial charge in [0.1, 0.15) is 0 Å². The summed E-state index contributed by atoms with van der Waals surface area (Å²) < 4.78 is 21.1. The van der Waals surface area contributed by atoms with Crippen LogP contribution in [-0.4, -0.2) is 42.9 Å². The second-order valence-corrected chi connectivity index (χ2v) is 28.7. The number of carbonyl (C=O) groups excluding carboxylic acids is 1. The van der Waals surface area contributed by atoms with Crippen LogP contribution in [0.4, 0.5) is 0 Å². The van der Waals surface area contributed by atoms with Crippen molar-refractivity contribution in [3.63, 3.8) is 0 Å². The third kappa shape index (κ3) is 11.9. The predicted molar refractivity (Wildman–Crippen MR) is 185 cm³/mol. The summed E-state index contributed by atoms with van der Waals surface area (Å²) in [6.45, 7) is 29.9. The molecule has 1 rings (SSSR count). The maximum atomic E-state index is 10.9. The first kappa shape index (κ1) is 38.1. The van der Waals surface area contributed by atoms with Gasteiger partial charge in [-0.3, -0.25) is 4.79 Å². The van der Waals surface area contributed by atoms with Crippen LogP contribution in [0, 0.1) is 17.8 Å². The molecule has 0 aliphatic heterocycles. The van der Waals surface area contributed by atoms with E-state index in [1.54, 1.807) is 0 Å². The van der Waals surface area contributed by atoms with Crippen LogP contribution in [0.25, 0.3) is 0 Å². The summed E-state index contributed by atoms with van der Waals surface area (Å²) in [6.07, 6.45) is 12.2. The fourth-order valence-corrected chi connectivity index (χ4v) is 11.3. The van der Waals surface area contributed by atoms with Gasteiger partial charge < -0.3 is 13.3 Å². The zero-order valence-electron chi connectivity index (χ0n) is 29.1. The lowest BCUT2D eigenvalue weighted by molar-refractivity contribution is -0.103. The van der Waals surface area contributed by atoms with Gasteiger partial charge >= 0.3 is 0 Å². The Morgan fingerprint density at radius 2 is 1.59 bits per heavy atom. The second kappa shape index (κ2) is 16.2. The van der Waals surface area contributed by atoms with Gasteiger partial charge in [-0.25, -0.2) is 0 Å². The van der Waals surface area contributed by atoms with Gasteiger partial charge in [0.25, 0.3) is 0 Å². The first-order chi connectivity index (χ1) is 18.9. The highest BCUT2D eigenvalue weighted by atomic mass is 28.4. The van der Waals surface area contributed by atoms with Gasteiger partial charge in [0.15, 0.2) is 22.9 Å². The van der Waals surface area contributed by atoms with Gasteiger partial charge in [-0.05, 0) is 93.6 Å². The van der Waals surface area contributed by atoms with Crippen molar-refractivity contribution in [1.29, 1.82) is 0 Å². The van der Waals surface area contributed by atoms with Gasteiger partial charge in [-0.1, -0.05) is 79.4 Å². The molecular weight excluding hydrogens is 557 g/mol. The first-order valence-electron chi connectivity index (χ1n) is 16.3. The van der Waals surface area contributed by atoms with E-state index in [4.69, 9.17) is 13.3 Å². The summed E-state index contributed by atoms with van der Waals surface area (Å²) in [5, 5.41) is 0.108. The third-order valence-electron chi connectivity index (χ3n) is 9.25. The van der Waals surface area contributed by atoms with Crippen molar-refractivity contribution in [3.05, 3.63) is 23.5 Å². The quantitative estimate of drug-likeness (QED) is 0.0702. The number of rotatable bonds is 17. The monoisotopic (exact) mass is 620 g/mol. The molecule has 41 heavy (non-hydrogen) atoms. The van der Waals surface area contributed by atoms with E-state index < -0.39 is 25.0 Å². The zero-order valence-corrected chi connectivity index (χ0v) is 32.1. The highest BCUT2D eigenvalue weighted by molar-refractivity contribution is 6.74. The normalized spacial score (nSPS) is 20.2. The highest BCUT2D eigenvalue weighted by Crippen LogP contribution is 2.46. The molecule has 4 nitrogen and oxygen atoms in total. The Balaban J connectivity index is 3.58. The predicted octanol–water partition coefficient (Wildman–Crippen LogP) is 10.4. The lowest BCUT2D eigenvalue weighted by Gasteiger charge is -2.37. The van der Waals surface area contributed by atoms with Crippen LogP contribution in [0.5, 0.6) is 0 Å². The Morgan fingerprint density at radius 1 is 0.976 bits per heavy atom. The Kier molecular flexibility index (Phi) is 15.1. The molecule has 0 bridgehead atoms. The van der Waals surface area contributed by atoms with E-state index in [0.717, 1.165) is 49.6 Å². The molecule has 0 fully saturated rings. The molecule has 0 aromatic rings. The van der Waals surface area contributed by atoms with Crippen LogP contribution in [0.15, 0.2) is 23.5 Å². The fourth-order valence-electron chi connectivity index (χ4n) is 5.66. The van der Waals surface area contributed by atoms with Crippen LogP contribution >= 0.6 is 0 Å². The van der Waals surface area contributed by atoms with Gasteiger partial charge in [0, 0.05) is 18.8 Å². The Labute approximate surface area is 257 Å². The Bertz CT molecular complexity index is 933. The lowest BCUT2D eigenvalue weighted by atomic mass is 9.91.